The first-order chi connectivity index (χ1) is 9.25. The smallest absolute Gasteiger partial charge is 0.326 e. The van der Waals surface area contributed by atoms with Gasteiger partial charge in [-0.3, -0.25) is 4.79 Å². The van der Waals surface area contributed by atoms with Crippen LogP contribution in [0.3, 0.4) is 0 Å². The minimum absolute atomic E-state index is 0.153. The van der Waals surface area contributed by atoms with Crippen LogP contribution in [0.25, 0.3) is 0 Å². The Balaban J connectivity index is 2.68. The van der Waals surface area contributed by atoms with Gasteiger partial charge < -0.3 is 15.7 Å². The predicted molar refractivity (Wildman–Crippen MR) is 78.4 cm³/mol. The molecule has 0 aliphatic carbocycles. The van der Waals surface area contributed by atoms with Crippen molar-refractivity contribution in [2.24, 2.45) is 17.3 Å². The van der Waals surface area contributed by atoms with Crippen LogP contribution in [0.15, 0.2) is 0 Å². The molecular weight excluding hydrogens is 256 g/mol. The summed E-state index contributed by atoms with van der Waals surface area (Å²) in [5, 5.41) is 15.2. The molecule has 0 aromatic heterocycles. The molecule has 1 fully saturated rings. The number of hydrogen-bond acceptors (Lipinski definition) is 3. The standard InChI is InChI=1S/C15H28N2O3/c1-10(2)8-12(13(18)19)17-14(20)15(3,4)11-6-5-7-16-9-11/h10-12,16H,5-9H2,1-4H3,(H,17,20)(H,18,19). The summed E-state index contributed by atoms with van der Waals surface area (Å²) >= 11 is 0. The van der Waals surface area contributed by atoms with Gasteiger partial charge in [0, 0.05) is 5.41 Å². The van der Waals surface area contributed by atoms with E-state index >= 15 is 0 Å². The van der Waals surface area contributed by atoms with Crippen LogP contribution in [-0.2, 0) is 9.59 Å². The quantitative estimate of drug-likeness (QED) is 0.692. The summed E-state index contributed by atoms with van der Waals surface area (Å²) in [7, 11) is 0. The average molecular weight is 284 g/mol. The first-order valence-corrected chi connectivity index (χ1v) is 7.49. The molecule has 0 aromatic carbocycles. The van der Waals surface area contributed by atoms with Gasteiger partial charge in [0.2, 0.25) is 5.91 Å². The summed E-state index contributed by atoms with van der Waals surface area (Å²) in [6.07, 6.45) is 2.53. The van der Waals surface area contributed by atoms with Crippen molar-refractivity contribution in [3.05, 3.63) is 0 Å². The number of carbonyl (C=O) groups is 2. The van der Waals surface area contributed by atoms with Crippen LogP contribution in [0, 0.1) is 17.3 Å². The highest BCUT2D eigenvalue weighted by molar-refractivity contribution is 5.87. The molecule has 1 aliphatic rings. The Bertz CT molecular complexity index is 347. The molecule has 1 heterocycles. The van der Waals surface area contributed by atoms with E-state index in [1.807, 2.05) is 27.7 Å². The lowest BCUT2D eigenvalue weighted by Gasteiger charge is -2.36. The van der Waals surface area contributed by atoms with Crippen LogP contribution in [0.2, 0.25) is 0 Å². The van der Waals surface area contributed by atoms with Crippen molar-refractivity contribution in [1.29, 1.82) is 0 Å². The van der Waals surface area contributed by atoms with Gasteiger partial charge in [0.1, 0.15) is 6.04 Å². The summed E-state index contributed by atoms with van der Waals surface area (Å²) in [6, 6.07) is -0.793. The van der Waals surface area contributed by atoms with E-state index < -0.39 is 17.4 Å². The zero-order chi connectivity index (χ0) is 15.3. The lowest BCUT2D eigenvalue weighted by molar-refractivity contribution is -0.145. The van der Waals surface area contributed by atoms with Gasteiger partial charge in [0.15, 0.2) is 0 Å². The first-order valence-electron chi connectivity index (χ1n) is 7.49. The SMILES string of the molecule is CC(C)CC(NC(=O)C(C)(C)C1CCCNC1)C(=O)O. The van der Waals surface area contributed by atoms with E-state index in [1.165, 1.54) is 0 Å². The van der Waals surface area contributed by atoms with Crippen LogP contribution in [0.4, 0.5) is 0 Å². The summed E-state index contributed by atoms with van der Waals surface area (Å²) in [6.45, 7) is 9.56. The van der Waals surface area contributed by atoms with Gasteiger partial charge in [-0.05, 0) is 44.2 Å². The third-order valence-electron chi connectivity index (χ3n) is 4.21. The van der Waals surface area contributed by atoms with Gasteiger partial charge in [-0.25, -0.2) is 4.79 Å². The normalized spacial score (nSPS) is 21.6. The van der Waals surface area contributed by atoms with Crippen LogP contribution in [-0.4, -0.2) is 36.1 Å². The fourth-order valence-corrected chi connectivity index (χ4v) is 2.69. The first kappa shape index (κ1) is 17.0. The van der Waals surface area contributed by atoms with Crippen molar-refractivity contribution in [1.82, 2.24) is 10.6 Å². The molecule has 0 radical (unpaired) electrons. The highest BCUT2D eigenvalue weighted by atomic mass is 16.4. The maximum absolute atomic E-state index is 12.5. The third-order valence-corrected chi connectivity index (χ3v) is 4.21. The number of piperidine rings is 1. The number of carboxylic acid groups (broad SMARTS) is 1. The number of hydrogen-bond donors (Lipinski definition) is 3. The predicted octanol–water partition coefficient (Wildman–Crippen LogP) is 1.63. The number of nitrogens with one attached hydrogen (secondary N) is 2. The molecule has 3 N–H and O–H groups in total. The lowest BCUT2D eigenvalue weighted by Crippen LogP contribution is -2.51. The van der Waals surface area contributed by atoms with Crippen molar-refractivity contribution in [3.63, 3.8) is 0 Å². The van der Waals surface area contributed by atoms with Crippen molar-refractivity contribution in [3.8, 4) is 0 Å². The summed E-state index contributed by atoms with van der Waals surface area (Å²) in [5.74, 6) is -0.621. The highest BCUT2D eigenvalue weighted by Crippen LogP contribution is 2.32. The molecule has 5 heteroatoms. The highest BCUT2D eigenvalue weighted by Gasteiger charge is 2.38. The Morgan fingerprint density at radius 1 is 1.40 bits per heavy atom. The lowest BCUT2D eigenvalue weighted by atomic mass is 9.74. The molecule has 0 bridgehead atoms. The average Bonchev–Trinajstić information content (AvgIpc) is 2.38. The molecule has 20 heavy (non-hydrogen) atoms. The van der Waals surface area contributed by atoms with E-state index in [0.717, 1.165) is 25.9 Å². The number of carbonyl (C=O) groups excluding carboxylic acids is 1. The van der Waals surface area contributed by atoms with Gasteiger partial charge in [-0.15, -0.1) is 0 Å². The van der Waals surface area contributed by atoms with Crippen LogP contribution < -0.4 is 10.6 Å². The summed E-state index contributed by atoms with van der Waals surface area (Å²) in [4.78, 5) is 23.7. The topological polar surface area (TPSA) is 78.4 Å². The van der Waals surface area contributed by atoms with E-state index in [0.29, 0.717) is 6.42 Å². The maximum atomic E-state index is 12.5. The number of rotatable bonds is 6. The minimum atomic E-state index is -0.954. The number of carboxylic acids is 1. The van der Waals surface area contributed by atoms with Gasteiger partial charge in [-0.2, -0.15) is 0 Å². The molecule has 0 spiro atoms. The van der Waals surface area contributed by atoms with Crippen LogP contribution in [0.5, 0.6) is 0 Å². The largest absolute Gasteiger partial charge is 0.480 e. The van der Waals surface area contributed by atoms with E-state index in [4.69, 9.17) is 0 Å². The molecular formula is C15H28N2O3. The molecule has 1 aliphatic heterocycles. The Kier molecular flexibility index (Phi) is 5.99. The number of amides is 1. The molecule has 2 atom stereocenters. The number of aliphatic carboxylic acids is 1. The zero-order valence-electron chi connectivity index (χ0n) is 13.0. The summed E-state index contributed by atoms with van der Waals surface area (Å²) in [5.41, 5.74) is -0.544. The second kappa shape index (κ2) is 7.07. The van der Waals surface area contributed by atoms with Gasteiger partial charge in [0.25, 0.3) is 0 Å². The molecule has 0 aromatic rings. The fourth-order valence-electron chi connectivity index (χ4n) is 2.69. The van der Waals surface area contributed by atoms with Crippen molar-refractivity contribution in [2.75, 3.05) is 13.1 Å². The van der Waals surface area contributed by atoms with E-state index in [2.05, 4.69) is 10.6 Å². The Morgan fingerprint density at radius 2 is 2.05 bits per heavy atom. The molecule has 2 unspecified atom stereocenters. The van der Waals surface area contributed by atoms with Gasteiger partial charge in [0.05, 0.1) is 0 Å². The molecule has 1 rings (SSSR count). The van der Waals surface area contributed by atoms with Crippen LogP contribution >= 0.6 is 0 Å². The second-order valence-electron chi connectivity index (χ2n) is 6.76. The van der Waals surface area contributed by atoms with Crippen molar-refractivity contribution < 1.29 is 14.7 Å². The van der Waals surface area contributed by atoms with Gasteiger partial charge in [-0.1, -0.05) is 27.7 Å². The Hall–Kier alpha value is -1.10. The second-order valence-corrected chi connectivity index (χ2v) is 6.76. The molecule has 1 saturated heterocycles. The third kappa shape index (κ3) is 4.47. The van der Waals surface area contributed by atoms with Crippen molar-refractivity contribution >= 4 is 11.9 Å². The van der Waals surface area contributed by atoms with Crippen LogP contribution in [0.1, 0.15) is 47.0 Å². The fraction of sp³-hybridized carbons (Fsp3) is 0.867. The minimum Gasteiger partial charge on any atom is -0.480 e. The Labute approximate surface area is 121 Å². The van der Waals surface area contributed by atoms with Crippen molar-refractivity contribution in [2.45, 2.75) is 53.0 Å². The Morgan fingerprint density at radius 3 is 2.50 bits per heavy atom. The maximum Gasteiger partial charge on any atom is 0.326 e. The molecule has 5 nitrogen and oxygen atoms in total. The zero-order valence-corrected chi connectivity index (χ0v) is 13.0. The molecule has 0 saturated carbocycles. The summed E-state index contributed by atoms with van der Waals surface area (Å²) < 4.78 is 0. The monoisotopic (exact) mass is 284 g/mol. The van der Waals surface area contributed by atoms with E-state index in [-0.39, 0.29) is 17.7 Å². The van der Waals surface area contributed by atoms with Gasteiger partial charge >= 0.3 is 5.97 Å². The molecule has 1 amide bonds. The van der Waals surface area contributed by atoms with E-state index in [1.54, 1.807) is 0 Å². The van der Waals surface area contributed by atoms with E-state index in [9.17, 15) is 14.7 Å². The molecule has 116 valence electrons.